The van der Waals surface area contributed by atoms with Gasteiger partial charge in [-0.1, -0.05) is 89.3 Å². The van der Waals surface area contributed by atoms with Crippen molar-refractivity contribution < 1.29 is 9.47 Å². The van der Waals surface area contributed by atoms with Crippen molar-refractivity contribution in [3.8, 4) is 22.6 Å². The van der Waals surface area contributed by atoms with E-state index in [-0.39, 0.29) is 7.92 Å². The van der Waals surface area contributed by atoms with Crippen molar-refractivity contribution in [3.05, 3.63) is 47.0 Å². The smallest absolute Gasteiger partial charge is 0.130 e. The first kappa shape index (κ1) is 25.6. The molecule has 34 heavy (non-hydrogen) atoms. The van der Waals surface area contributed by atoms with Gasteiger partial charge in [0, 0.05) is 10.6 Å². The molecule has 0 bridgehead atoms. The van der Waals surface area contributed by atoms with E-state index in [9.17, 15) is 0 Å². The molecule has 0 unspecified atom stereocenters. The molecule has 4 rings (SSSR count). The molecule has 0 N–H and O–H groups in total. The lowest BCUT2D eigenvalue weighted by Crippen LogP contribution is -2.28. The number of hydrogen-bond donors (Lipinski definition) is 0. The van der Waals surface area contributed by atoms with Gasteiger partial charge in [-0.25, -0.2) is 0 Å². The third-order valence-electron chi connectivity index (χ3n) is 7.58. The van der Waals surface area contributed by atoms with Gasteiger partial charge in [0.05, 0.1) is 19.8 Å². The zero-order valence-corrected chi connectivity index (χ0v) is 22.8. The zero-order chi connectivity index (χ0) is 23.9. The zero-order valence-electron chi connectivity index (χ0n) is 21.1. The quantitative estimate of drug-likeness (QED) is 0.337. The van der Waals surface area contributed by atoms with E-state index in [2.05, 4.69) is 43.3 Å². The Morgan fingerprint density at radius 1 is 0.853 bits per heavy atom. The number of hydrogen-bond acceptors (Lipinski definition) is 2. The summed E-state index contributed by atoms with van der Waals surface area (Å²) in [7, 11) is 3.15. The highest BCUT2D eigenvalue weighted by molar-refractivity contribution is 7.67. The lowest BCUT2D eigenvalue weighted by atomic mass is 9.99. The first-order valence-electron chi connectivity index (χ1n) is 13.2. The normalized spacial score (nSPS) is 18.0. The molecule has 2 nitrogen and oxygen atoms in total. The molecular formula is C30H40ClO2P. The van der Waals surface area contributed by atoms with E-state index in [0.717, 1.165) is 39.8 Å². The van der Waals surface area contributed by atoms with Crippen LogP contribution in [0.2, 0.25) is 5.02 Å². The summed E-state index contributed by atoms with van der Waals surface area (Å²) in [4.78, 5) is 0. The fourth-order valence-corrected chi connectivity index (χ4v) is 10.3. The molecule has 0 atom stereocenters. The lowest BCUT2D eigenvalue weighted by Gasteiger charge is -2.40. The van der Waals surface area contributed by atoms with Gasteiger partial charge in [0.1, 0.15) is 11.5 Å². The van der Waals surface area contributed by atoms with E-state index < -0.39 is 0 Å². The molecular weight excluding hydrogens is 459 g/mol. The Balaban J connectivity index is 2.00. The molecule has 184 valence electrons. The molecule has 2 fully saturated rings. The molecule has 4 heteroatoms. The van der Waals surface area contributed by atoms with Gasteiger partial charge in [0.25, 0.3) is 0 Å². The van der Waals surface area contributed by atoms with Crippen LogP contribution in [-0.2, 0) is 0 Å². The molecule has 2 saturated carbocycles. The van der Waals surface area contributed by atoms with E-state index in [1.54, 1.807) is 14.2 Å². The Morgan fingerprint density at radius 2 is 1.41 bits per heavy atom. The fraction of sp³-hybridized carbons (Fsp3) is 0.533. The number of ether oxygens (including phenoxy) is 2. The first-order chi connectivity index (χ1) is 16.7. The number of rotatable bonds is 8. The lowest BCUT2D eigenvalue weighted by molar-refractivity contribution is 0.397. The third-order valence-corrected chi connectivity index (χ3v) is 11.5. The summed E-state index contributed by atoms with van der Waals surface area (Å²) in [6.45, 7) is 2.20. The van der Waals surface area contributed by atoms with Crippen LogP contribution in [0.25, 0.3) is 17.2 Å². The maximum absolute atomic E-state index is 6.99. The second kappa shape index (κ2) is 12.5. The number of halogens is 1. The van der Waals surface area contributed by atoms with Crippen LogP contribution in [0.5, 0.6) is 11.5 Å². The largest absolute Gasteiger partial charge is 0.496 e. The van der Waals surface area contributed by atoms with E-state index in [0.29, 0.717) is 0 Å². The van der Waals surface area contributed by atoms with Crippen molar-refractivity contribution in [2.24, 2.45) is 0 Å². The Labute approximate surface area is 212 Å². The Kier molecular flexibility index (Phi) is 9.38. The molecule has 2 aliphatic carbocycles. The molecule has 2 aromatic rings. The minimum absolute atomic E-state index is 0.372. The second-order valence-electron chi connectivity index (χ2n) is 9.70. The van der Waals surface area contributed by atoms with E-state index in [4.69, 9.17) is 21.1 Å². The number of benzene rings is 2. The van der Waals surface area contributed by atoms with E-state index in [1.165, 1.54) is 80.6 Å². The van der Waals surface area contributed by atoms with Crippen molar-refractivity contribution in [1.29, 1.82) is 0 Å². The van der Waals surface area contributed by atoms with Gasteiger partial charge in [-0.15, -0.1) is 0 Å². The van der Waals surface area contributed by atoms with Gasteiger partial charge >= 0.3 is 0 Å². The van der Waals surface area contributed by atoms with Crippen LogP contribution in [0.3, 0.4) is 0 Å². The monoisotopic (exact) mass is 498 g/mol. The average molecular weight is 499 g/mol. The standard InChI is InChI=1S/C30H40ClO2P/c1-4-5-17-24-26(31)21-20-25(29-27(32-2)18-12-19-28(29)33-3)30(24)34(22-13-8-6-9-14-22)23-15-10-7-11-16-23/h5,12,17-23H,4,6-11,13-16H2,1-3H3. The predicted octanol–water partition coefficient (Wildman–Crippen LogP) is 9.22. The molecule has 2 aliphatic rings. The highest BCUT2D eigenvalue weighted by Gasteiger charge is 2.36. The Bertz CT molecular complexity index is 934. The summed E-state index contributed by atoms with van der Waals surface area (Å²) in [5.41, 5.74) is 5.12. The molecule has 0 aliphatic heterocycles. The number of methoxy groups -OCH3 is 2. The minimum Gasteiger partial charge on any atom is -0.496 e. The van der Waals surface area contributed by atoms with Crippen molar-refractivity contribution in [1.82, 2.24) is 0 Å². The maximum atomic E-state index is 6.99. The van der Waals surface area contributed by atoms with Gasteiger partial charge in [0.15, 0.2) is 0 Å². The summed E-state index contributed by atoms with van der Waals surface area (Å²) in [6, 6.07) is 10.4. The SMILES string of the molecule is CCC=Cc1c(Cl)ccc(-c2c(OC)cccc2OC)c1P(C1CCCCC1)C1CCCCC1. The van der Waals surface area contributed by atoms with Gasteiger partial charge < -0.3 is 9.47 Å². The summed E-state index contributed by atoms with van der Waals surface area (Å²) in [5.74, 6) is 1.74. The van der Waals surface area contributed by atoms with Gasteiger partial charge in [0.2, 0.25) is 0 Å². The molecule has 0 amide bonds. The molecule has 0 saturated heterocycles. The summed E-state index contributed by atoms with van der Waals surface area (Å²) in [6.07, 6.45) is 19.2. The minimum atomic E-state index is -0.372. The molecule has 0 radical (unpaired) electrons. The van der Waals surface area contributed by atoms with Crippen molar-refractivity contribution in [3.63, 3.8) is 0 Å². The van der Waals surface area contributed by atoms with Crippen LogP contribution < -0.4 is 14.8 Å². The van der Waals surface area contributed by atoms with Crippen molar-refractivity contribution >= 4 is 30.9 Å². The topological polar surface area (TPSA) is 18.5 Å². The summed E-state index contributed by atoms with van der Waals surface area (Å²) in [5, 5.41) is 2.37. The second-order valence-corrected chi connectivity index (χ2v) is 12.8. The summed E-state index contributed by atoms with van der Waals surface area (Å²) < 4.78 is 11.8. The highest BCUT2D eigenvalue weighted by Crippen LogP contribution is 2.58. The average Bonchev–Trinajstić information content (AvgIpc) is 2.89. The van der Waals surface area contributed by atoms with Crippen LogP contribution >= 0.6 is 19.5 Å². The van der Waals surface area contributed by atoms with Crippen LogP contribution in [-0.4, -0.2) is 25.5 Å². The molecule has 2 aromatic carbocycles. The van der Waals surface area contributed by atoms with Gasteiger partial charge in [-0.2, -0.15) is 0 Å². The van der Waals surface area contributed by atoms with Crippen molar-refractivity contribution in [2.75, 3.05) is 14.2 Å². The predicted molar refractivity (Wildman–Crippen MR) is 150 cm³/mol. The first-order valence-corrected chi connectivity index (χ1v) is 15.0. The van der Waals surface area contributed by atoms with Crippen LogP contribution in [0.4, 0.5) is 0 Å². The van der Waals surface area contributed by atoms with Crippen LogP contribution in [0.1, 0.15) is 83.1 Å². The Hall–Kier alpha value is -1.50. The molecule has 0 heterocycles. The van der Waals surface area contributed by atoms with E-state index >= 15 is 0 Å². The van der Waals surface area contributed by atoms with Gasteiger partial charge in [-0.3, -0.25) is 0 Å². The third kappa shape index (κ3) is 5.50. The molecule has 0 spiro atoms. The fourth-order valence-electron chi connectivity index (χ4n) is 5.96. The summed E-state index contributed by atoms with van der Waals surface area (Å²) >= 11 is 6.99. The van der Waals surface area contributed by atoms with E-state index in [1.807, 2.05) is 6.07 Å². The van der Waals surface area contributed by atoms with Crippen LogP contribution in [0.15, 0.2) is 36.4 Å². The maximum Gasteiger partial charge on any atom is 0.130 e. The van der Waals surface area contributed by atoms with Gasteiger partial charge in [-0.05, 0) is 72.5 Å². The van der Waals surface area contributed by atoms with Crippen LogP contribution in [0, 0.1) is 0 Å². The molecule has 0 aromatic heterocycles. The highest BCUT2D eigenvalue weighted by atomic mass is 35.5. The Morgan fingerprint density at radius 3 is 1.91 bits per heavy atom. The number of allylic oxidation sites excluding steroid dienone is 1. The van der Waals surface area contributed by atoms with Crippen molar-refractivity contribution in [2.45, 2.75) is 88.9 Å².